The summed E-state index contributed by atoms with van der Waals surface area (Å²) in [6.45, 7) is 0.757. The largest absolute Gasteiger partial charge is 0.350 e. The van der Waals surface area contributed by atoms with E-state index in [1.165, 1.54) is 22.9 Å². The Morgan fingerprint density at radius 1 is 1.23 bits per heavy atom. The summed E-state index contributed by atoms with van der Waals surface area (Å²) in [5.74, 6) is -0.0784. The Labute approximate surface area is 182 Å². The summed E-state index contributed by atoms with van der Waals surface area (Å²) < 4.78 is 2.84. The highest BCUT2D eigenvalue weighted by atomic mass is 35.5. The minimum atomic E-state index is -0.586. The second kappa shape index (κ2) is 8.35. The molecule has 1 aromatic heterocycles. The van der Waals surface area contributed by atoms with E-state index in [-0.39, 0.29) is 27.9 Å². The molecule has 4 rings (SSSR count). The zero-order valence-corrected chi connectivity index (χ0v) is 17.5. The number of piperidine rings is 1. The quantitative estimate of drug-likeness (QED) is 0.457. The lowest BCUT2D eigenvalue weighted by Gasteiger charge is -2.32. The summed E-state index contributed by atoms with van der Waals surface area (Å²) in [7, 11) is 1.59. The van der Waals surface area contributed by atoms with Gasteiger partial charge in [0, 0.05) is 37.1 Å². The van der Waals surface area contributed by atoms with E-state index in [4.69, 9.17) is 11.6 Å². The lowest BCUT2D eigenvalue weighted by atomic mass is 9.96. The average Bonchev–Trinajstić information content (AvgIpc) is 3.08. The molecule has 2 aromatic carbocycles. The van der Waals surface area contributed by atoms with Crippen molar-refractivity contribution in [1.29, 1.82) is 0 Å². The minimum Gasteiger partial charge on any atom is -0.338 e. The smallest absolute Gasteiger partial charge is 0.338 e. The van der Waals surface area contributed by atoms with Gasteiger partial charge in [0.15, 0.2) is 0 Å². The molecular formula is C21H20ClN5O4. The van der Waals surface area contributed by atoms with Crippen LogP contribution in [0.3, 0.4) is 0 Å². The van der Waals surface area contributed by atoms with Crippen molar-refractivity contribution in [1.82, 2.24) is 19.2 Å². The summed E-state index contributed by atoms with van der Waals surface area (Å²) in [6, 6.07) is 13.2. The maximum atomic E-state index is 13.1. The molecule has 3 aromatic rings. The van der Waals surface area contributed by atoms with Gasteiger partial charge < -0.3 is 4.90 Å². The van der Waals surface area contributed by atoms with Gasteiger partial charge in [0.2, 0.25) is 0 Å². The number of likely N-dealkylation sites (tertiary alicyclic amines) is 1. The number of benzene rings is 2. The summed E-state index contributed by atoms with van der Waals surface area (Å²) in [4.78, 5) is 38.2. The average molecular weight is 442 g/mol. The number of rotatable bonds is 4. The van der Waals surface area contributed by atoms with Gasteiger partial charge in [0.05, 0.1) is 10.6 Å². The summed E-state index contributed by atoms with van der Waals surface area (Å²) in [5.41, 5.74) is 0.106. The third-order valence-corrected chi connectivity index (χ3v) is 5.66. The maximum absolute atomic E-state index is 13.1. The van der Waals surface area contributed by atoms with E-state index in [0.29, 0.717) is 31.0 Å². The molecular weight excluding hydrogens is 422 g/mol. The SMILES string of the molecule is Cn1nc(C2CCCN(C(=O)c3cc(Cl)ccc3[N+](=O)[O-])C2)n(-c2ccccc2)c1=O. The number of aryl methyl sites for hydroxylation is 1. The second-order valence-electron chi connectivity index (χ2n) is 7.44. The summed E-state index contributed by atoms with van der Waals surface area (Å²) in [5, 5.41) is 16.1. The van der Waals surface area contributed by atoms with Crippen LogP contribution in [0.15, 0.2) is 53.3 Å². The molecule has 0 bridgehead atoms. The number of carbonyl (C=O) groups excluding carboxylic acids is 1. The van der Waals surface area contributed by atoms with Crippen LogP contribution < -0.4 is 5.69 Å². The van der Waals surface area contributed by atoms with Crippen LogP contribution in [0.25, 0.3) is 5.69 Å². The molecule has 1 saturated heterocycles. The van der Waals surface area contributed by atoms with Gasteiger partial charge in [-0.1, -0.05) is 29.8 Å². The second-order valence-corrected chi connectivity index (χ2v) is 7.88. The fourth-order valence-corrected chi connectivity index (χ4v) is 4.12. The van der Waals surface area contributed by atoms with Gasteiger partial charge in [-0.05, 0) is 37.1 Å². The molecule has 1 unspecified atom stereocenters. The Morgan fingerprint density at radius 3 is 2.68 bits per heavy atom. The van der Waals surface area contributed by atoms with Crippen molar-refractivity contribution in [3.63, 3.8) is 0 Å². The molecule has 160 valence electrons. The number of hydrogen-bond donors (Lipinski definition) is 0. The zero-order valence-electron chi connectivity index (χ0n) is 16.8. The molecule has 1 amide bonds. The van der Waals surface area contributed by atoms with Crippen molar-refractivity contribution in [3.8, 4) is 5.69 Å². The van der Waals surface area contributed by atoms with Crippen molar-refractivity contribution in [2.24, 2.45) is 7.05 Å². The third-order valence-electron chi connectivity index (χ3n) is 5.42. The van der Waals surface area contributed by atoms with Crippen LogP contribution in [0.2, 0.25) is 5.02 Å². The van der Waals surface area contributed by atoms with Crippen molar-refractivity contribution in [2.75, 3.05) is 13.1 Å². The predicted molar refractivity (Wildman–Crippen MR) is 115 cm³/mol. The number of nitro groups is 1. The number of halogens is 1. The van der Waals surface area contributed by atoms with E-state index in [1.807, 2.05) is 30.3 Å². The number of para-hydroxylation sites is 1. The van der Waals surface area contributed by atoms with Gasteiger partial charge >= 0.3 is 5.69 Å². The highest BCUT2D eigenvalue weighted by Crippen LogP contribution is 2.30. The first-order valence-corrected chi connectivity index (χ1v) is 10.2. The van der Waals surface area contributed by atoms with Crippen LogP contribution in [0.4, 0.5) is 5.69 Å². The summed E-state index contributed by atoms with van der Waals surface area (Å²) in [6.07, 6.45) is 1.43. The molecule has 1 aliphatic rings. The van der Waals surface area contributed by atoms with Gasteiger partial charge in [0.25, 0.3) is 11.6 Å². The first kappa shape index (κ1) is 20.8. The molecule has 1 fully saturated rings. The van der Waals surface area contributed by atoms with Crippen LogP contribution in [0, 0.1) is 10.1 Å². The van der Waals surface area contributed by atoms with Crippen LogP contribution in [-0.4, -0.2) is 43.2 Å². The van der Waals surface area contributed by atoms with Crippen LogP contribution >= 0.6 is 11.6 Å². The van der Waals surface area contributed by atoms with Crippen molar-refractivity contribution in [2.45, 2.75) is 18.8 Å². The van der Waals surface area contributed by atoms with Crippen molar-refractivity contribution < 1.29 is 9.72 Å². The Balaban J connectivity index is 1.68. The molecule has 1 aliphatic heterocycles. The molecule has 0 radical (unpaired) electrons. The maximum Gasteiger partial charge on any atom is 0.350 e. The third kappa shape index (κ3) is 3.96. The molecule has 1 atom stereocenters. The Bertz CT molecular complexity index is 1200. The monoisotopic (exact) mass is 441 g/mol. The van der Waals surface area contributed by atoms with E-state index < -0.39 is 10.8 Å². The molecule has 9 nitrogen and oxygen atoms in total. The molecule has 0 saturated carbocycles. The van der Waals surface area contributed by atoms with Crippen molar-refractivity contribution in [3.05, 3.63) is 85.5 Å². The van der Waals surface area contributed by atoms with Gasteiger partial charge in [-0.3, -0.25) is 14.9 Å². The molecule has 31 heavy (non-hydrogen) atoms. The van der Waals surface area contributed by atoms with Crippen molar-refractivity contribution >= 4 is 23.2 Å². The van der Waals surface area contributed by atoms with E-state index in [0.717, 1.165) is 6.42 Å². The number of nitrogens with zero attached hydrogens (tertiary/aromatic N) is 5. The van der Waals surface area contributed by atoms with E-state index in [9.17, 15) is 19.7 Å². The topological polar surface area (TPSA) is 103 Å². The zero-order chi connectivity index (χ0) is 22.1. The number of carbonyl (C=O) groups is 1. The standard InChI is InChI=1S/C21H20ClN5O4/c1-24-21(29)26(16-7-3-2-4-8-16)19(23-24)14-6-5-11-25(13-14)20(28)17-12-15(22)9-10-18(17)27(30)31/h2-4,7-10,12,14H,5-6,11,13H2,1H3. The van der Waals surface area contributed by atoms with Crippen LogP contribution in [0.1, 0.15) is 34.9 Å². The number of hydrogen-bond acceptors (Lipinski definition) is 5. The Kier molecular flexibility index (Phi) is 5.60. The highest BCUT2D eigenvalue weighted by molar-refractivity contribution is 6.31. The molecule has 10 heteroatoms. The number of aromatic nitrogens is 3. The minimum absolute atomic E-state index is 0.0420. The fourth-order valence-electron chi connectivity index (χ4n) is 3.95. The Morgan fingerprint density at radius 2 is 1.97 bits per heavy atom. The van der Waals surface area contributed by atoms with Gasteiger partial charge in [-0.25, -0.2) is 14.0 Å². The van der Waals surface area contributed by atoms with E-state index in [1.54, 1.807) is 16.5 Å². The molecule has 0 aliphatic carbocycles. The first-order valence-electron chi connectivity index (χ1n) is 9.81. The normalized spacial score (nSPS) is 16.3. The van der Waals surface area contributed by atoms with Gasteiger partial charge in [-0.15, -0.1) is 0 Å². The first-order chi connectivity index (χ1) is 14.9. The van der Waals surface area contributed by atoms with E-state index in [2.05, 4.69) is 5.10 Å². The molecule has 0 spiro atoms. The van der Waals surface area contributed by atoms with Crippen LogP contribution in [0.5, 0.6) is 0 Å². The Hall–Kier alpha value is -3.46. The van der Waals surface area contributed by atoms with Gasteiger partial charge in [0.1, 0.15) is 11.4 Å². The highest BCUT2D eigenvalue weighted by Gasteiger charge is 2.32. The predicted octanol–water partition coefficient (Wildman–Crippen LogP) is 3.15. The summed E-state index contributed by atoms with van der Waals surface area (Å²) >= 11 is 5.99. The fraction of sp³-hybridized carbons (Fsp3) is 0.286. The number of nitro benzene ring substituents is 1. The lowest BCUT2D eigenvalue weighted by Crippen LogP contribution is -2.40. The lowest BCUT2D eigenvalue weighted by molar-refractivity contribution is -0.385. The van der Waals surface area contributed by atoms with E-state index >= 15 is 0 Å². The number of amides is 1. The van der Waals surface area contributed by atoms with Crippen LogP contribution in [-0.2, 0) is 7.05 Å². The molecule has 2 heterocycles. The van der Waals surface area contributed by atoms with Gasteiger partial charge in [-0.2, -0.15) is 5.10 Å². The molecule has 0 N–H and O–H groups in total.